The van der Waals surface area contributed by atoms with Crippen LogP contribution in [0.4, 0.5) is 5.69 Å². The van der Waals surface area contributed by atoms with Gasteiger partial charge in [0.05, 0.1) is 5.69 Å². The molecule has 0 aromatic heterocycles. The quantitative estimate of drug-likeness (QED) is 0.865. The summed E-state index contributed by atoms with van der Waals surface area (Å²) in [4.78, 5) is 12.5. The minimum Gasteiger partial charge on any atom is -0.286 e. The summed E-state index contributed by atoms with van der Waals surface area (Å²) in [5.74, 6) is -0.0707. The molecule has 1 amide bonds. The molecule has 2 rings (SSSR count). The summed E-state index contributed by atoms with van der Waals surface area (Å²) < 4.78 is 0. The van der Waals surface area contributed by atoms with Crippen LogP contribution in [0.2, 0.25) is 0 Å². The van der Waals surface area contributed by atoms with Gasteiger partial charge in [0.1, 0.15) is 0 Å². The zero-order valence-electron chi connectivity index (χ0n) is 13.1. The van der Waals surface area contributed by atoms with Gasteiger partial charge in [-0.15, -0.1) is 0 Å². The Morgan fingerprint density at radius 2 is 1.62 bits per heavy atom. The van der Waals surface area contributed by atoms with E-state index in [-0.39, 0.29) is 5.91 Å². The molecule has 0 aliphatic carbocycles. The summed E-state index contributed by atoms with van der Waals surface area (Å²) in [5, 5.41) is 1.86. The minimum atomic E-state index is -0.0707. The predicted molar refractivity (Wildman–Crippen MR) is 87.6 cm³/mol. The molecule has 21 heavy (non-hydrogen) atoms. The number of rotatable bonds is 4. The van der Waals surface area contributed by atoms with Gasteiger partial charge in [-0.2, -0.15) is 0 Å². The number of carbonyl (C=O) groups excluding carboxylic acids is 1. The fourth-order valence-corrected chi connectivity index (χ4v) is 2.21. The first kappa shape index (κ1) is 15.1. The van der Waals surface area contributed by atoms with Crippen LogP contribution in [-0.2, 0) is 0 Å². The van der Waals surface area contributed by atoms with E-state index in [2.05, 4.69) is 12.3 Å². The van der Waals surface area contributed by atoms with Crippen LogP contribution >= 0.6 is 0 Å². The summed E-state index contributed by atoms with van der Waals surface area (Å²) >= 11 is 0. The fraction of sp³-hybridized carbons (Fsp3) is 0.278. The molecule has 3 heteroatoms. The molecule has 0 saturated heterocycles. The first-order valence-corrected chi connectivity index (χ1v) is 7.23. The second-order valence-electron chi connectivity index (χ2n) is 5.34. The molecule has 0 saturated carbocycles. The van der Waals surface area contributed by atoms with Crippen LogP contribution in [0.25, 0.3) is 0 Å². The zero-order chi connectivity index (χ0) is 15.4. The van der Waals surface area contributed by atoms with Crippen molar-refractivity contribution in [3.63, 3.8) is 0 Å². The molecule has 0 radical (unpaired) electrons. The molecule has 2 aromatic rings. The Hall–Kier alpha value is -2.29. The van der Waals surface area contributed by atoms with Gasteiger partial charge in [0.15, 0.2) is 0 Å². The molecule has 0 heterocycles. The Balaban J connectivity index is 2.20. The van der Waals surface area contributed by atoms with E-state index < -0.39 is 0 Å². The Morgan fingerprint density at radius 3 is 2.24 bits per heavy atom. The van der Waals surface area contributed by atoms with Gasteiger partial charge >= 0.3 is 0 Å². The van der Waals surface area contributed by atoms with E-state index in [0.717, 1.165) is 22.4 Å². The van der Waals surface area contributed by atoms with Crippen molar-refractivity contribution in [2.24, 2.45) is 0 Å². The number of hydrazine groups is 1. The van der Waals surface area contributed by atoms with Gasteiger partial charge in [0.25, 0.3) is 5.91 Å². The Morgan fingerprint density at radius 1 is 1.00 bits per heavy atom. The lowest BCUT2D eigenvalue weighted by atomic mass is 10.1. The highest BCUT2D eigenvalue weighted by Gasteiger charge is 2.13. The molecule has 0 spiro atoms. The highest BCUT2D eigenvalue weighted by Crippen LogP contribution is 2.15. The number of benzene rings is 2. The lowest BCUT2D eigenvalue weighted by Gasteiger charge is -2.24. The van der Waals surface area contributed by atoms with Crippen molar-refractivity contribution in [1.29, 1.82) is 0 Å². The largest absolute Gasteiger partial charge is 0.286 e. The van der Waals surface area contributed by atoms with Gasteiger partial charge in [-0.05, 0) is 51.5 Å². The normalized spacial score (nSPS) is 10.3. The standard InChI is InChI=1S/C18H22N2O/c1-5-20(16-10-7-13(2)8-11-16)19-18(21)17-12-14(3)6-9-15(17)4/h6-12H,5H2,1-4H3,(H,19,21). The molecule has 0 fully saturated rings. The van der Waals surface area contributed by atoms with Gasteiger partial charge < -0.3 is 0 Å². The number of carbonyl (C=O) groups is 1. The molecular weight excluding hydrogens is 260 g/mol. The second-order valence-corrected chi connectivity index (χ2v) is 5.34. The van der Waals surface area contributed by atoms with Crippen molar-refractivity contribution in [3.05, 3.63) is 64.7 Å². The van der Waals surface area contributed by atoms with Gasteiger partial charge in [-0.1, -0.05) is 35.4 Å². The molecule has 0 atom stereocenters. The fourth-order valence-electron chi connectivity index (χ4n) is 2.21. The Labute approximate surface area is 126 Å². The number of aryl methyl sites for hydroxylation is 3. The molecule has 2 aromatic carbocycles. The number of hydrogen-bond donors (Lipinski definition) is 1. The molecule has 0 bridgehead atoms. The maximum absolute atomic E-state index is 12.5. The van der Waals surface area contributed by atoms with E-state index in [1.165, 1.54) is 5.56 Å². The third kappa shape index (κ3) is 3.63. The monoisotopic (exact) mass is 282 g/mol. The lowest BCUT2D eigenvalue weighted by Crippen LogP contribution is -2.42. The zero-order valence-corrected chi connectivity index (χ0v) is 13.1. The van der Waals surface area contributed by atoms with Crippen LogP contribution < -0.4 is 10.4 Å². The average molecular weight is 282 g/mol. The molecular formula is C18H22N2O. The first-order valence-electron chi connectivity index (χ1n) is 7.23. The van der Waals surface area contributed by atoms with Crippen LogP contribution in [0.1, 0.15) is 34.0 Å². The molecule has 1 N–H and O–H groups in total. The summed E-state index contributed by atoms with van der Waals surface area (Å²) in [5.41, 5.74) is 7.97. The van der Waals surface area contributed by atoms with Crippen LogP contribution in [0.5, 0.6) is 0 Å². The molecule has 0 unspecified atom stereocenters. The number of anilines is 1. The van der Waals surface area contributed by atoms with E-state index >= 15 is 0 Å². The predicted octanol–water partition coefficient (Wildman–Crippen LogP) is 3.78. The van der Waals surface area contributed by atoms with Crippen molar-refractivity contribution in [1.82, 2.24) is 5.43 Å². The van der Waals surface area contributed by atoms with Gasteiger partial charge in [-0.3, -0.25) is 15.2 Å². The van der Waals surface area contributed by atoms with Crippen molar-refractivity contribution >= 4 is 11.6 Å². The number of amides is 1. The van der Waals surface area contributed by atoms with Crippen molar-refractivity contribution < 1.29 is 4.79 Å². The van der Waals surface area contributed by atoms with Crippen LogP contribution in [0.15, 0.2) is 42.5 Å². The SMILES string of the molecule is CCN(NC(=O)c1cc(C)ccc1C)c1ccc(C)cc1. The number of nitrogens with zero attached hydrogens (tertiary/aromatic N) is 1. The molecule has 3 nitrogen and oxygen atoms in total. The van der Waals surface area contributed by atoms with E-state index in [0.29, 0.717) is 6.54 Å². The highest BCUT2D eigenvalue weighted by atomic mass is 16.2. The van der Waals surface area contributed by atoms with Crippen LogP contribution in [0, 0.1) is 20.8 Å². The van der Waals surface area contributed by atoms with Gasteiger partial charge in [0, 0.05) is 12.1 Å². The second kappa shape index (κ2) is 6.44. The first-order chi connectivity index (χ1) is 10.0. The maximum Gasteiger partial charge on any atom is 0.270 e. The van der Waals surface area contributed by atoms with Crippen molar-refractivity contribution in [2.45, 2.75) is 27.7 Å². The van der Waals surface area contributed by atoms with E-state index in [1.807, 2.05) is 68.2 Å². The van der Waals surface area contributed by atoms with Crippen molar-refractivity contribution in [3.8, 4) is 0 Å². The Kier molecular flexibility index (Phi) is 4.63. The number of nitrogens with one attached hydrogen (secondary N) is 1. The van der Waals surface area contributed by atoms with Crippen molar-refractivity contribution in [2.75, 3.05) is 11.6 Å². The van der Waals surface area contributed by atoms with Crippen LogP contribution in [-0.4, -0.2) is 12.5 Å². The summed E-state index contributed by atoms with van der Waals surface area (Å²) in [6, 6.07) is 14.0. The molecule has 0 aliphatic heterocycles. The van der Waals surface area contributed by atoms with E-state index in [9.17, 15) is 4.79 Å². The lowest BCUT2D eigenvalue weighted by molar-refractivity contribution is 0.0948. The molecule has 110 valence electrons. The summed E-state index contributed by atoms with van der Waals surface area (Å²) in [6.07, 6.45) is 0. The topological polar surface area (TPSA) is 32.3 Å². The van der Waals surface area contributed by atoms with Gasteiger partial charge in [0.2, 0.25) is 0 Å². The van der Waals surface area contributed by atoms with Gasteiger partial charge in [-0.25, -0.2) is 0 Å². The third-order valence-electron chi connectivity index (χ3n) is 3.54. The maximum atomic E-state index is 12.5. The Bertz CT molecular complexity index is 632. The third-order valence-corrected chi connectivity index (χ3v) is 3.54. The van der Waals surface area contributed by atoms with E-state index in [4.69, 9.17) is 0 Å². The molecule has 0 aliphatic rings. The summed E-state index contributed by atoms with van der Waals surface area (Å²) in [6.45, 7) is 8.72. The smallest absolute Gasteiger partial charge is 0.270 e. The highest BCUT2D eigenvalue weighted by molar-refractivity contribution is 5.96. The average Bonchev–Trinajstić information content (AvgIpc) is 2.48. The minimum absolute atomic E-state index is 0.0707. The number of hydrogen-bond acceptors (Lipinski definition) is 2. The van der Waals surface area contributed by atoms with Crippen LogP contribution in [0.3, 0.4) is 0 Å². The summed E-state index contributed by atoms with van der Waals surface area (Å²) in [7, 11) is 0. The van der Waals surface area contributed by atoms with E-state index in [1.54, 1.807) is 0 Å².